The van der Waals surface area contributed by atoms with Gasteiger partial charge in [-0.2, -0.15) is 9.98 Å². The van der Waals surface area contributed by atoms with Gasteiger partial charge in [0.1, 0.15) is 11.3 Å². The number of guanidine groups is 2. The average Bonchev–Trinajstić information content (AvgIpc) is 3.38. The van der Waals surface area contributed by atoms with Crippen LogP contribution < -0.4 is 16.9 Å². The van der Waals surface area contributed by atoms with Crippen molar-refractivity contribution in [2.45, 2.75) is 24.9 Å². The lowest BCUT2D eigenvalue weighted by atomic mass is 9.76. The molecule has 0 aliphatic carbocycles. The molecule has 1 aromatic heterocycles. The molecule has 0 bridgehead atoms. The van der Waals surface area contributed by atoms with E-state index in [4.69, 9.17) is 15.9 Å². The number of nitrogens with zero attached hydrogens (tertiary/aromatic N) is 4. The lowest BCUT2D eigenvalue weighted by Gasteiger charge is -2.41. The fourth-order valence-corrected chi connectivity index (χ4v) is 4.55. The molecule has 5 rings (SSSR count). The molecule has 0 amide bonds. The molecular formula is C21H25N7O. The molecule has 1 saturated heterocycles. The van der Waals surface area contributed by atoms with Gasteiger partial charge in [-0.15, -0.1) is 0 Å². The predicted octanol–water partition coefficient (Wildman–Crippen LogP) is 1.69. The van der Waals surface area contributed by atoms with E-state index < -0.39 is 5.54 Å². The lowest BCUT2D eigenvalue weighted by Crippen LogP contribution is -2.55. The molecule has 1 unspecified atom stereocenters. The zero-order valence-corrected chi connectivity index (χ0v) is 16.2. The molecule has 8 heteroatoms. The molecule has 8 nitrogen and oxygen atoms in total. The summed E-state index contributed by atoms with van der Waals surface area (Å²) < 4.78 is 5.86. The second-order valence-electron chi connectivity index (χ2n) is 7.77. The van der Waals surface area contributed by atoms with Gasteiger partial charge in [0, 0.05) is 6.54 Å². The van der Waals surface area contributed by atoms with E-state index in [1.807, 2.05) is 12.1 Å². The molecule has 1 fully saturated rings. The number of rotatable bonds is 4. The minimum atomic E-state index is -0.522. The van der Waals surface area contributed by atoms with Crippen molar-refractivity contribution in [1.29, 1.82) is 0 Å². The minimum Gasteiger partial charge on any atom is -0.467 e. The predicted molar refractivity (Wildman–Crippen MR) is 111 cm³/mol. The maximum absolute atomic E-state index is 6.10. The zero-order valence-electron chi connectivity index (χ0n) is 16.2. The summed E-state index contributed by atoms with van der Waals surface area (Å²) >= 11 is 0. The van der Waals surface area contributed by atoms with Crippen molar-refractivity contribution >= 4 is 11.9 Å². The standard InChI is InChI=1S/C21H25N7O/c22-19-24-18-13-21(17-7-4-12-29-17,26-28(18)20(23)25-19)16-8-10-27(11-9-16)14-15-5-2-1-3-6-15/h1-7,12-13,16,26H,8-11,14H2,(H4,22,23,24,25). The van der Waals surface area contributed by atoms with E-state index in [2.05, 4.69) is 56.7 Å². The van der Waals surface area contributed by atoms with Crippen LogP contribution in [0.15, 0.2) is 75.0 Å². The topological polar surface area (TPSA) is 108 Å². The Balaban J connectivity index is 1.38. The SMILES string of the molecule is NC1=NC2=CC(c3ccco3)(C3CCN(Cc4ccccc4)CC3)NN2C(N)=N1. The van der Waals surface area contributed by atoms with E-state index in [9.17, 15) is 0 Å². The van der Waals surface area contributed by atoms with E-state index in [0.29, 0.717) is 17.7 Å². The molecule has 5 N–H and O–H groups in total. The summed E-state index contributed by atoms with van der Waals surface area (Å²) in [7, 11) is 0. The molecule has 0 saturated carbocycles. The molecule has 29 heavy (non-hydrogen) atoms. The van der Waals surface area contributed by atoms with E-state index in [-0.39, 0.29) is 5.96 Å². The van der Waals surface area contributed by atoms with Gasteiger partial charge in [-0.3, -0.25) is 4.90 Å². The molecule has 150 valence electrons. The smallest absolute Gasteiger partial charge is 0.225 e. The Morgan fingerprint density at radius 1 is 1.07 bits per heavy atom. The summed E-state index contributed by atoms with van der Waals surface area (Å²) in [5.41, 5.74) is 16.3. The summed E-state index contributed by atoms with van der Waals surface area (Å²) in [6, 6.07) is 14.5. The first kappa shape index (κ1) is 18.0. The van der Waals surface area contributed by atoms with Crippen LogP contribution in [0.25, 0.3) is 0 Å². The van der Waals surface area contributed by atoms with Gasteiger partial charge in [-0.1, -0.05) is 30.3 Å². The van der Waals surface area contributed by atoms with Crippen LogP contribution in [0.5, 0.6) is 0 Å². The van der Waals surface area contributed by atoms with Crippen molar-refractivity contribution in [2.75, 3.05) is 13.1 Å². The zero-order chi connectivity index (χ0) is 19.8. The highest BCUT2D eigenvalue weighted by Crippen LogP contribution is 2.43. The van der Waals surface area contributed by atoms with Gasteiger partial charge in [0.05, 0.1) is 6.26 Å². The largest absolute Gasteiger partial charge is 0.467 e. The lowest BCUT2D eigenvalue weighted by molar-refractivity contribution is 0.0958. The van der Waals surface area contributed by atoms with Gasteiger partial charge >= 0.3 is 0 Å². The Labute approximate surface area is 169 Å². The Kier molecular flexibility index (Phi) is 4.37. The summed E-state index contributed by atoms with van der Waals surface area (Å²) in [4.78, 5) is 11.0. The number of hydrogen-bond acceptors (Lipinski definition) is 8. The van der Waals surface area contributed by atoms with Crippen LogP contribution in [0, 0.1) is 5.92 Å². The van der Waals surface area contributed by atoms with Crippen molar-refractivity contribution in [1.82, 2.24) is 15.3 Å². The average molecular weight is 391 g/mol. The quantitative estimate of drug-likeness (QED) is 0.732. The van der Waals surface area contributed by atoms with Crippen LogP contribution in [0.2, 0.25) is 0 Å². The number of fused-ring (bicyclic) bond motifs is 1. The molecule has 3 aliphatic heterocycles. The van der Waals surface area contributed by atoms with Crippen LogP contribution in [0.1, 0.15) is 24.2 Å². The van der Waals surface area contributed by atoms with E-state index >= 15 is 0 Å². The van der Waals surface area contributed by atoms with Crippen molar-refractivity contribution < 1.29 is 4.42 Å². The second-order valence-corrected chi connectivity index (χ2v) is 7.77. The van der Waals surface area contributed by atoms with Crippen LogP contribution in [0.4, 0.5) is 0 Å². The number of hydrazine groups is 1. The van der Waals surface area contributed by atoms with Gasteiger partial charge in [-0.05, 0) is 55.6 Å². The van der Waals surface area contributed by atoms with Gasteiger partial charge in [0.25, 0.3) is 0 Å². The maximum atomic E-state index is 6.10. The third kappa shape index (κ3) is 3.20. The number of nitrogens with two attached hydrogens (primary N) is 2. The number of hydrogen-bond donors (Lipinski definition) is 3. The molecular weight excluding hydrogens is 366 g/mol. The molecule has 4 heterocycles. The fraction of sp³-hybridized carbons (Fsp3) is 0.333. The number of furan rings is 1. The fourth-order valence-electron chi connectivity index (χ4n) is 4.55. The van der Waals surface area contributed by atoms with E-state index in [1.165, 1.54) is 5.56 Å². The van der Waals surface area contributed by atoms with Crippen molar-refractivity contribution in [3.63, 3.8) is 0 Å². The summed E-state index contributed by atoms with van der Waals surface area (Å²) in [5, 5.41) is 1.70. The maximum Gasteiger partial charge on any atom is 0.225 e. The van der Waals surface area contributed by atoms with Crippen molar-refractivity contribution in [3.8, 4) is 0 Å². The van der Waals surface area contributed by atoms with Gasteiger partial charge < -0.3 is 15.9 Å². The van der Waals surface area contributed by atoms with Gasteiger partial charge in [0.15, 0.2) is 5.82 Å². The number of likely N-dealkylation sites (tertiary alicyclic amines) is 1. The first-order chi connectivity index (χ1) is 14.1. The van der Waals surface area contributed by atoms with Crippen LogP contribution in [0.3, 0.4) is 0 Å². The molecule has 0 spiro atoms. The van der Waals surface area contributed by atoms with Crippen LogP contribution in [-0.2, 0) is 12.1 Å². The summed E-state index contributed by atoms with van der Waals surface area (Å²) in [6.45, 7) is 3.01. The second kappa shape index (κ2) is 7.06. The van der Waals surface area contributed by atoms with Crippen molar-refractivity contribution in [2.24, 2.45) is 27.4 Å². The summed E-state index contributed by atoms with van der Waals surface area (Å²) in [6.07, 6.45) is 5.83. The number of nitrogens with one attached hydrogen (secondary N) is 1. The third-order valence-corrected chi connectivity index (χ3v) is 5.98. The van der Waals surface area contributed by atoms with Gasteiger partial charge in [-0.25, -0.2) is 10.4 Å². The van der Waals surface area contributed by atoms with Crippen LogP contribution >= 0.6 is 0 Å². The normalized spacial score (nSPS) is 25.4. The first-order valence-corrected chi connectivity index (χ1v) is 9.93. The highest BCUT2D eigenvalue weighted by molar-refractivity contribution is 5.96. The Hall–Kier alpha value is -3.10. The molecule has 3 aliphatic rings. The van der Waals surface area contributed by atoms with Gasteiger partial charge in [0.2, 0.25) is 11.9 Å². The van der Waals surface area contributed by atoms with Crippen LogP contribution in [-0.4, -0.2) is 34.9 Å². The number of benzene rings is 1. The molecule has 2 aromatic rings. The highest BCUT2D eigenvalue weighted by Gasteiger charge is 2.49. The number of aliphatic imine (C=N–C) groups is 2. The first-order valence-electron chi connectivity index (χ1n) is 9.93. The number of piperidine rings is 1. The monoisotopic (exact) mass is 391 g/mol. The summed E-state index contributed by atoms with van der Waals surface area (Å²) in [5.74, 6) is 2.29. The highest BCUT2D eigenvalue weighted by atomic mass is 16.3. The Bertz CT molecular complexity index is 958. The third-order valence-electron chi connectivity index (χ3n) is 5.98. The molecule has 1 atom stereocenters. The Morgan fingerprint density at radius 3 is 2.59 bits per heavy atom. The van der Waals surface area contributed by atoms with E-state index in [1.54, 1.807) is 11.3 Å². The van der Waals surface area contributed by atoms with E-state index in [0.717, 1.165) is 38.2 Å². The molecule has 1 aromatic carbocycles. The Morgan fingerprint density at radius 2 is 1.86 bits per heavy atom. The minimum absolute atomic E-state index is 0.166. The van der Waals surface area contributed by atoms with Crippen molar-refractivity contribution in [3.05, 3.63) is 71.9 Å². The molecule has 0 radical (unpaired) electrons.